The third kappa shape index (κ3) is 2.29. The van der Waals surface area contributed by atoms with Crippen molar-refractivity contribution in [3.05, 3.63) is 48.0 Å². The molecule has 0 unspecified atom stereocenters. The third-order valence-electron chi connectivity index (χ3n) is 2.82. The van der Waals surface area contributed by atoms with Crippen molar-refractivity contribution in [2.75, 3.05) is 0 Å². The second kappa shape index (κ2) is 4.56. The Bertz CT molecular complexity index is 843. The summed E-state index contributed by atoms with van der Waals surface area (Å²) in [6, 6.07) is 5.98. The van der Waals surface area contributed by atoms with E-state index in [1.165, 1.54) is 23.0 Å². The molecule has 3 aromatic rings. The van der Waals surface area contributed by atoms with Crippen molar-refractivity contribution in [2.24, 2.45) is 0 Å². The van der Waals surface area contributed by atoms with Crippen molar-refractivity contribution in [2.45, 2.75) is 6.18 Å². The maximum absolute atomic E-state index is 12.6. The number of hydrogen-bond donors (Lipinski definition) is 0. The van der Waals surface area contributed by atoms with E-state index in [1.54, 1.807) is 12.1 Å². The number of nitrogens with zero attached hydrogens (tertiary/aromatic N) is 5. The van der Waals surface area contributed by atoms with Gasteiger partial charge in [0, 0.05) is 12.4 Å². The number of pyridine rings is 1. The molecule has 0 aliphatic rings. The van der Waals surface area contributed by atoms with Crippen LogP contribution in [0.5, 0.6) is 0 Å². The molecule has 0 spiro atoms. The van der Waals surface area contributed by atoms with E-state index in [2.05, 4.69) is 15.0 Å². The molecule has 0 atom stereocenters. The summed E-state index contributed by atoms with van der Waals surface area (Å²) in [5, 5.41) is 8.71. The molecule has 5 nitrogen and oxygen atoms in total. The molecule has 0 fully saturated rings. The van der Waals surface area contributed by atoms with Crippen LogP contribution in [0.1, 0.15) is 11.3 Å². The Morgan fingerprint density at radius 1 is 1.10 bits per heavy atom. The molecule has 0 N–H and O–H groups in total. The Kier molecular flexibility index (Phi) is 2.83. The van der Waals surface area contributed by atoms with Crippen LogP contribution in [0.3, 0.4) is 0 Å². The second-order valence-electron chi connectivity index (χ2n) is 4.17. The molecule has 0 amide bonds. The zero-order valence-corrected chi connectivity index (χ0v) is 10.3. The summed E-state index contributed by atoms with van der Waals surface area (Å²) in [6.07, 6.45) is -0.503. The van der Waals surface area contributed by atoms with Gasteiger partial charge in [0.2, 0.25) is 5.78 Å². The molecular formula is C13H6F3N5. The van der Waals surface area contributed by atoms with E-state index in [9.17, 15) is 13.2 Å². The van der Waals surface area contributed by atoms with Gasteiger partial charge in [-0.15, -0.1) is 0 Å². The van der Waals surface area contributed by atoms with Crippen LogP contribution >= 0.6 is 0 Å². The quantitative estimate of drug-likeness (QED) is 0.690. The van der Waals surface area contributed by atoms with E-state index in [4.69, 9.17) is 5.26 Å². The summed E-state index contributed by atoms with van der Waals surface area (Å²) in [5.74, 6) is -0.0639. The van der Waals surface area contributed by atoms with E-state index < -0.39 is 11.9 Å². The van der Waals surface area contributed by atoms with Crippen LogP contribution in [-0.2, 0) is 6.18 Å². The Labute approximate surface area is 116 Å². The van der Waals surface area contributed by atoms with Crippen molar-refractivity contribution >= 4 is 5.78 Å². The highest BCUT2D eigenvalue weighted by molar-refractivity contribution is 5.58. The highest BCUT2D eigenvalue weighted by Crippen LogP contribution is 2.28. The van der Waals surface area contributed by atoms with Gasteiger partial charge < -0.3 is 0 Å². The fraction of sp³-hybridized carbons (Fsp3) is 0.0769. The van der Waals surface area contributed by atoms with Gasteiger partial charge in [-0.25, -0.2) is 9.97 Å². The molecule has 3 aromatic heterocycles. The zero-order valence-electron chi connectivity index (χ0n) is 10.3. The summed E-state index contributed by atoms with van der Waals surface area (Å²) in [4.78, 5) is 11.4. The normalized spacial score (nSPS) is 11.5. The number of alkyl halides is 3. The Hall–Kier alpha value is -2.95. The lowest BCUT2D eigenvalue weighted by Gasteiger charge is -2.06. The van der Waals surface area contributed by atoms with E-state index >= 15 is 0 Å². The summed E-state index contributed by atoms with van der Waals surface area (Å²) in [6.45, 7) is 0. The molecule has 21 heavy (non-hydrogen) atoms. The molecule has 104 valence electrons. The summed E-state index contributed by atoms with van der Waals surface area (Å²) in [7, 11) is 0. The average molecular weight is 289 g/mol. The maximum atomic E-state index is 12.6. The molecular weight excluding hydrogens is 283 g/mol. The molecule has 0 saturated heterocycles. The van der Waals surface area contributed by atoms with Gasteiger partial charge in [0.05, 0.1) is 23.1 Å². The third-order valence-corrected chi connectivity index (χ3v) is 2.82. The van der Waals surface area contributed by atoms with Crippen LogP contribution in [0, 0.1) is 11.3 Å². The molecule has 0 bridgehead atoms. The van der Waals surface area contributed by atoms with Gasteiger partial charge in [-0.3, -0.25) is 9.38 Å². The lowest BCUT2D eigenvalue weighted by molar-refractivity contribution is -0.141. The highest BCUT2D eigenvalue weighted by atomic mass is 19.4. The first-order chi connectivity index (χ1) is 9.99. The first-order valence-corrected chi connectivity index (χ1v) is 5.77. The Balaban J connectivity index is 2.10. The second-order valence-corrected chi connectivity index (χ2v) is 4.17. The van der Waals surface area contributed by atoms with E-state index in [0.29, 0.717) is 17.0 Å². The fourth-order valence-corrected chi connectivity index (χ4v) is 1.83. The van der Waals surface area contributed by atoms with Crippen LogP contribution in [0.15, 0.2) is 36.8 Å². The summed E-state index contributed by atoms with van der Waals surface area (Å²) >= 11 is 0. The molecule has 0 aliphatic heterocycles. The molecule has 3 heterocycles. The first-order valence-electron chi connectivity index (χ1n) is 5.77. The number of imidazole rings is 1. The first kappa shape index (κ1) is 13.1. The molecule has 0 aliphatic carbocycles. The van der Waals surface area contributed by atoms with E-state index in [1.807, 2.05) is 6.07 Å². The van der Waals surface area contributed by atoms with Crippen LogP contribution in [0.4, 0.5) is 13.2 Å². The fourth-order valence-electron chi connectivity index (χ4n) is 1.83. The number of hydrogen-bond acceptors (Lipinski definition) is 4. The van der Waals surface area contributed by atoms with Gasteiger partial charge in [-0.05, 0) is 18.2 Å². The van der Waals surface area contributed by atoms with E-state index in [-0.39, 0.29) is 5.78 Å². The van der Waals surface area contributed by atoms with Gasteiger partial charge in [0.25, 0.3) is 0 Å². The van der Waals surface area contributed by atoms with Crippen molar-refractivity contribution in [3.63, 3.8) is 0 Å². The minimum Gasteiger partial charge on any atom is -0.282 e. The topological polar surface area (TPSA) is 66.9 Å². The Morgan fingerprint density at radius 2 is 1.90 bits per heavy atom. The van der Waals surface area contributed by atoms with Crippen LogP contribution in [0.2, 0.25) is 0 Å². The predicted octanol–water partition coefficient (Wildman–Crippen LogP) is 2.68. The highest BCUT2D eigenvalue weighted by Gasteiger charge is 2.33. The minimum atomic E-state index is -4.51. The molecule has 0 aromatic carbocycles. The van der Waals surface area contributed by atoms with E-state index in [0.717, 1.165) is 6.07 Å². The van der Waals surface area contributed by atoms with Gasteiger partial charge in [-0.2, -0.15) is 18.4 Å². The number of fused-ring (bicyclic) bond motifs is 1. The number of halogens is 3. The van der Waals surface area contributed by atoms with Crippen LogP contribution < -0.4 is 0 Å². The summed E-state index contributed by atoms with van der Waals surface area (Å²) in [5.41, 5.74) is 0.378. The van der Waals surface area contributed by atoms with Gasteiger partial charge in [0.1, 0.15) is 11.8 Å². The van der Waals surface area contributed by atoms with Gasteiger partial charge in [-0.1, -0.05) is 0 Å². The van der Waals surface area contributed by atoms with Crippen molar-refractivity contribution in [1.29, 1.82) is 5.26 Å². The van der Waals surface area contributed by atoms with Crippen LogP contribution in [0.25, 0.3) is 17.2 Å². The lowest BCUT2D eigenvalue weighted by atomic mass is 10.2. The Morgan fingerprint density at radius 3 is 2.52 bits per heavy atom. The number of aromatic nitrogens is 4. The molecule has 0 radical (unpaired) electrons. The average Bonchev–Trinajstić information content (AvgIpc) is 2.89. The summed E-state index contributed by atoms with van der Waals surface area (Å²) < 4.78 is 39.2. The zero-order chi connectivity index (χ0) is 15.0. The van der Waals surface area contributed by atoms with Crippen LogP contribution in [-0.4, -0.2) is 19.4 Å². The maximum Gasteiger partial charge on any atom is 0.433 e. The van der Waals surface area contributed by atoms with Gasteiger partial charge in [0.15, 0.2) is 0 Å². The molecule has 0 saturated carbocycles. The number of nitriles is 1. The van der Waals surface area contributed by atoms with Crippen molar-refractivity contribution < 1.29 is 13.2 Å². The monoisotopic (exact) mass is 289 g/mol. The molecule has 8 heteroatoms. The number of rotatable bonds is 1. The standard InChI is InChI=1S/C13H6F3N5/c14-13(15,16)11-3-4-21-10(7-19-12(21)20-11)9-2-1-8(5-17)6-18-9/h1-4,6-7H. The smallest absolute Gasteiger partial charge is 0.282 e. The molecule has 3 rings (SSSR count). The van der Waals surface area contributed by atoms with Gasteiger partial charge >= 0.3 is 6.18 Å². The lowest BCUT2D eigenvalue weighted by Crippen LogP contribution is -2.09. The van der Waals surface area contributed by atoms with Crippen molar-refractivity contribution in [1.82, 2.24) is 19.4 Å². The van der Waals surface area contributed by atoms with Crippen molar-refractivity contribution in [3.8, 4) is 17.5 Å². The largest absolute Gasteiger partial charge is 0.433 e. The minimum absolute atomic E-state index is 0.0639. The predicted molar refractivity (Wildman–Crippen MR) is 65.9 cm³/mol. The SMILES string of the molecule is N#Cc1ccc(-c2cnc3nc(C(F)(F)F)ccn23)nc1.